The number of hydrogen-bond acceptors (Lipinski definition) is 1. The lowest BCUT2D eigenvalue weighted by atomic mass is 10.1. The zero-order chi connectivity index (χ0) is 10.7. The summed E-state index contributed by atoms with van der Waals surface area (Å²) < 4.78 is 1.80. The molecule has 0 amide bonds. The van der Waals surface area contributed by atoms with E-state index in [9.17, 15) is 0 Å². The Bertz CT molecular complexity index is 509. The van der Waals surface area contributed by atoms with Crippen molar-refractivity contribution in [3.8, 4) is 23.1 Å². The maximum Gasteiger partial charge on any atom is 0.0923 e. The molecule has 1 aromatic carbocycles. The fourth-order valence-corrected chi connectivity index (χ4v) is 1.44. The van der Waals surface area contributed by atoms with Gasteiger partial charge in [-0.05, 0) is 25.1 Å². The van der Waals surface area contributed by atoms with Crippen molar-refractivity contribution in [2.75, 3.05) is 0 Å². The van der Waals surface area contributed by atoms with Crippen molar-refractivity contribution in [3.63, 3.8) is 0 Å². The highest BCUT2D eigenvalue weighted by molar-refractivity contribution is 5.59. The van der Waals surface area contributed by atoms with Gasteiger partial charge in [-0.3, -0.25) is 4.68 Å². The van der Waals surface area contributed by atoms with E-state index in [1.165, 1.54) is 0 Å². The Hall–Kier alpha value is -2.01. The van der Waals surface area contributed by atoms with Crippen molar-refractivity contribution in [1.29, 1.82) is 0 Å². The van der Waals surface area contributed by atoms with Gasteiger partial charge in [-0.15, -0.1) is 5.92 Å². The SMILES string of the molecule is CC#Cc1ccc(-c2ccn(C)n2)cc1. The molecular formula is C13H12N2. The third-order valence-electron chi connectivity index (χ3n) is 2.16. The summed E-state index contributed by atoms with van der Waals surface area (Å²) in [5.41, 5.74) is 3.16. The van der Waals surface area contributed by atoms with Crippen LogP contribution in [0.15, 0.2) is 36.5 Å². The van der Waals surface area contributed by atoms with Crippen molar-refractivity contribution in [1.82, 2.24) is 9.78 Å². The molecule has 1 aromatic heterocycles. The van der Waals surface area contributed by atoms with Gasteiger partial charge in [0.2, 0.25) is 0 Å². The van der Waals surface area contributed by atoms with Gasteiger partial charge in [-0.25, -0.2) is 0 Å². The van der Waals surface area contributed by atoms with Crippen LogP contribution in [0.1, 0.15) is 12.5 Å². The summed E-state index contributed by atoms with van der Waals surface area (Å²) in [7, 11) is 1.92. The topological polar surface area (TPSA) is 17.8 Å². The average Bonchev–Trinajstić information content (AvgIpc) is 2.67. The molecule has 0 spiro atoms. The van der Waals surface area contributed by atoms with Gasteiger partial charge < -0.3 is 0 Å². The minimum atomic E-state index is 0.994. The van der Waals surface area contributed by atoms with Crippen LogP contribution in [-0.4, -0.2) is 9.78 Å². The van der Waals surface area contributed by atoms with E-state index in [-0.39, 0.29) is 0 Å². The molecule has 0 bridgehead atoms. The molecule has 2 rings (SSSR count). The van der Waals surface area contributed by atoms with E-state index in [1.807, 2.05) is 50.5 Å². The maximum absolute atomic E-state index is 4.34. The van der Waals surface area contributed by atoms with Gasteiger partial charge in [0, 0.05) is 24.4 Å². The lowest BCUT2D eigenvalue weighted by Crippen LogP contribution is -1.87. The number of benzene rings is 1. The predicted octanol–water partition coefficient (Wildman–Crippen LogP) is 2.46. The molecular weight excluding hydrogens is 184 g/mol. The molecule has 0 radical (unpaired) electrons. The summed E-state index contributed by atoms with van der Waals surface area (Å²) in [6.45, 7) is 1.84. The number of aryl methyl sites for hydroxylation is 1. The zero-order valence-electron chi connectivity index (χ0n) is 8.86. The van der Waals surface area contributed by atoms with Gasteiger partial charge in [0.1, 0.15) is 0 Å². The van der Waals surface area contributed by atoms with Crippen LogP contribution >= 0.6 is 0 Å². The van der Waals surface area contributed by atoms with E-state index in [1.54, 1.807) is 4.68 Å². The lowest BCUT2D eigenvalue weighted by Gasteiger charge is -1.96. The van der Waals surface area contributed by atoms with E-state index in [0.29, 0.717) is 0 Å². The van der Waals surface area contributed by atoms with Crippen LogP contribution in [0.5, 0.6) is 0 Å². The molecule has 2 nitrogen and oxygen atoms in total. The van der Waals surface area contributed by atoms with Crippen molar-refractivity contribution < 1.29 is 0 Å². The Balaban J connectivity index is 2.34. The summed E-state index contributed by atoms with van der Waals surface area (Å²) in [6.07, 6.45) is 1.94. The molecule has 0 fully saturated rings. The fourth-order valence-electron chi connectivity index (χ4n) is 1.44. The highest BCUT2D eigenvalue weighted by atomic mass is 15.2. The predicted molar refractivity (Wildman–Crippen MR) is 61.2 cm³/mol. The van der Waals surface area contributed by atoms with Gasteiger partial charge in [0.05, 0.1) is 5.69 Å². The van der Waals surface area contributed by atoms with Crippen LogP contribution in [-0.2, 0) is 7.05 Å². The molecule has 0 aliphatic heterocycles. The summed E-state index contributed by atoms with van der Waals surface area (Å²) in [5, 5.41) is 4.34. The molecule has 0 saturated heterocycles. The highest BCUT2D eigenvalue weighted by Crippen LogP contribution is 2.16. The number of aromatic nitrogens is 2. The van der Waals surface area contributed by atoms with Crippen molar-refractivity contribution in [2.45, 2.75) is 6.92 Å². The Kier molecular flexibility index (Phi) is 2.55. The smallest absolute Gasteiger partial charge is 0.0923 e. The quantitative estimate of drug-likeness (QED) is 0.641. The number of hydrogen-bond donors (Lipinski definition) is 0. The maximum atomic E-state index is 4.34. The van der Waals surface area contributed by atoms with Gasteiger partial charge in [-0.2, -0.15) is 5.10 Å². The van der Waals surface area contributed by atoms with E-state index in [4.69, 9.17) is 0 Å². The second-order valence-electron chi connectivity index (χ2n) is 3.33. The Morgan fingerprint density at radius 2 is 1.87 bits per heavy atom. The molecule has 0 N–H and O–H groups in total. The van der Waals surface area contributed by atoms with Crippen LogP contribution in [0, 0.1) is 11.8 Å². The first-order chi connectivity index (χ1) is 7.29. The summed E-state index contributed by atoms with van der Waals surface area (Å²) >= 11 is 0. The van der Waals surface area contributed by atoms with Crippen molar-refractivity contribution in [3.05, 3.63) is 42.1 Å². The number of rotatable bonds is 1. The molecule has 15 heavy (non-hydrogen) atoms. The van der Waals surface area contributed by atoms with Gasteiger partial charge in [0.15, 0.2) is 0 Å². The van der Waals surface area contributed by atoms with Crippen LogP contribution in [0.25, 0.3) is 11.3 Å². The van der Waals surface area contributed by atoms with E-state index < -0.39 is 0 Å². The van der Waals surface area contributed by atoms with E-state index >= 15 is 0 Å². The molecule has 0 aliphatic carbocycles. The molecule has 0 saturated carbocycles. The summed E-state index contributed by atoms with van der Waals surface area (Å²) in [4.78, 5) is 0. The van der Waals surface area contributed by atoms with Crippen molar-refractivity contribution >= 4 is 0 Å². The first-order valence-electron chi connectivity index (χ1n) is 4.82. The average molecular weight is 196 g/mol. The second kappa shape index (κ2) is 4.02. The van der Waals surface area contributed by atoms with Crippen LogP contribution in [0.2, 0.25) is 0 Å². The third kappa shape index (κ3) is 2.08. The molecule has 2 heteroatoms. The molecule has 2 aromatic rings. The third-order valence-corrected chi connectivity index (χ3v) is 2.16. The monoisotopic (exact) mass is 196 g/mol. The normalized spacial score (nSPS) is 9.47. The molecule has 0 aliphatic rings. The highest BCUT2D eigenvalue weighted by Gasteiger charge is 1.99. The molecule has 0 unspecified atom stereocenters. The fraction of sp³-hybridized carbons (Fsp3) is 0.154. The minimum Gasteiger partial charge on any atom is -0.275 e. The Morgan fingerprint density at radius 1 is 1.13 bits per heavy atom. The van der Waals surface area contributed by atoms with Crippen LogP contribution in [0.3, 0.4) is 0 Å². The molecule has 74 valence electrons. The second-order valence-corrected chi connectivity index (χ2v) is 3.33. The first-order valence-corrected chi connectivity index (χ1v) is 4.82. The van der Waals surface area contributed by atoms with Crippen LogP contribution in [0.4, 0.5) is 0 Å². The van der Waals surface area contributed by atoms with E-state index in [2.05, 4.69) is 16.9 Å². The summed E-state index contributed by atoms with van der Waals surface area (Å²) in [6, 6.07) is 10.1. The largest absolute Gasteiger partial charge is 0.275 e. The summed E-state index contributed by atoms with van der Waals surface area (Å²) in [5.74, 6) is 5.89. The zero-order valence-corrected chi connectivity index (χ0v) is 8.86. The molecule has 1 heterocycles. The van der Waals surface area contributed by atoms with E-state index in [0.717, 1.165) is 16.8 Å². The van der Waals surface area contributed by atoms with Gasteiger partial charge >= 0.3 is 0 Å². The standard InChI is InChI=1S/C13H12N2/c1-3-4-11-5-7-12(8-6-11)13-9-10-15(2)14-13/h5-10H,1-2H3. The van der Waals surface area contributed by atoms with Crippen molar-refractivity contribution in [2.24, 2.45) is 7.05 Å². The van der Waals surface area contributed by atoms with Gasteiger partial charge in [-0.1, -0.05) is 18.1 Å². The Labute approximate surface area is 89.6 Å². The van der Waals surface area contributed by atoms with Crippen LogP contribution < -0.4 is 0 Å². The minimum absolute atomic E-state index is 0.994. The lowest BCUT2D eigenvalue weighted by molar-refractivity contribution is 0.771. The Morgan fingerprint density at radius 3 is 2.40 bits per heavy atom. The first kappa shape index (κ1) is 9.54. The number of nitrogens with zero attached hydrogens (tertiary/aromatic N) is 2. The van der Waals surface area contributed by atoms with Gasteiger partial charge in [0.25, 0.3) is 0 Å². The molecule has 0 atom stereocenters.